The highest BCUT2D eigenvalue weighted by Crippen LogP contribution is 2.05. The van der Waals surface area contributed by atoms with E-state index >= 15 is 0 Å². The monoisotopic (exact) mass is 275 g/mol. The lowest BCUT2D eigenvalue weighted by Crippen LogP contribution is -2.32. The number of hydrogen-bond acceptors (Lipinski definition) is 6. The van der Waals surface area contributed by atoms with Crippen LogP contribution in [0.5, 0.6) is 0 Å². The van der Waals surface area contributed by atoms with Gasteiger partial charge in [-0.15, -0.1) is 0 Å². The Morgan fingerprint density at radius 2 is 1.83 bits per heavy atom. The van der Waals surface area contributed by atoms with Gasteiger partial charge >= 0.3 is 5.97 Å². The lowest BCUT2D eigenvalue weighted by atomic mass is 10.4. The lowest BCUT2D eigenvalue weighted by Gasteiger charge is -2.13. The predicted octanol–water partition coefficient (Wildman–Crippen LogP) is -1.11. The molecule has 0 aromatic heterocycles. The summed E-state index contributed by atoms with van der Waals surface area (Å²) >= 11 is 0. The summed E-state index contributed by atoms with van der Waals surface area (Å²) in [6.07, 6.45) is 2.36. The van der Waals surface area contributed by atoms with Crippen LogP contribution in [0.4, 0.5) is 0 Å². The first-order valence-corrected chi connectivity index (χ1v) is 6.98. The summed E-state index contributed by atoms with van der Waals surface area (Å²) in [5.74, 6) is -2.70. The number of nitrogens with zero attached hydrogens (tertiary/aromatic N) is 1. The zero-order chi connectivity index (χ0) is 13.8. The zero-order valence-corrected chi connectivity index (χ0v) is 10.6. The van der Waals surface area contributed by atoms with E-state index in [4.69, 9.17) is 0 Å². The van der Waals surface area contributed by atoms with E-state index in [1.54, 1.807) is 0 Å². The summed E-state index contributed by atoms with van der Waals surface area (Å²) in [4.78, 5) is 34.1. The third kappa shape index (κ3) is 3.95. The highest BCUT2D eigenvalue weighted by molar-refractivity contribution is 7.92. The summed E-state index contributed by atoms with van der Waals surface area (Å²) in [6, 6.07) is 0. The molecular formula is C10H13NO6S. The van der Waals surface area contributed by atoms with Gasteiger partial charge in [0.1, 0.15) is 5.75 Å². The van der Waals surface area contributed by atoms with E-state index in [9.17, 15) is 22.8 Å². The van der Waals surface area contributed by atoms with Gasteiger partial charge in [0.25, 0.3) is 11.8 Å². The fraction of sp³-hybridized carbons (Fsp3) is 0.500. The number of carbonyl (C=O) groups is 3. The molecule has 1 rings (SSSR count). The number of sulfone groups is 1. The van der Waals surface area contributed by atoms with Crippen molar-refractivity contribution in [2.75, 3.05) is 25.2 Å². The predicted molar refractivity (Wildman–Crippen MR) is 61.1 cm³/mol. The Morgan fingerprint density at radius 3 is 2.33 bits per heavy atom. The molecule has 0 aliphatic carbocycles. The minimum Gasteiger partial charge on any atom is -0.468 e. The van der Waals surface area contributed by atoms with Crippen LogP contribution in [0.3, 0.4) is 0 Å². The third-order valence-electron chi connectivity index (χ3n) is 2.30. The second kappa shape index (κ2) is 5.76. The number of imide groups is 1. The van der Waals surface area contributed by atoms with Crippen molar-refractivity contribution in [3.63, 3.8) is 0 Å². The molecule has 0 aromatic rings. The van der Waals surface area contributed by atoms with Gasteiger partial charge in [-0.25, -0.2) is 8.42 Å². The number of ether oxygens (including phenoxy) is 1. The second-order valence-corrected chi connectivity index (χ2v) is 5.87. The molecule has 100 valence electrons. The van der Waals surface area contributed by atoms with Crippen molar-refractivity contribution in [3.05, 3.63) is 12.2 Å². The number of amides is 2. The van der Waals surface area contributed by atoms with E-state index < -0.39 is 33.4 Å². The molecule has 0 unspecified atom stereocenters. The molecule has 18 heavy (non-hydrogen) atoms. The molecule has 0 bridgehead atoms. The number of carbonyl (C=O) groups excluding carboxylic acids is 3. The molecular weight excluding hydrogens is 262 g/mol. The average Bonchev–Trinajstić information content (AvgIpc) is 2.59. The lowest BCUT2D eigenvalue weighted by molar-refractivity contribution is -0.138. The quantitative estimate of drug-likeness (QED) is 0.450. The van der Waals surface area contributed by atoms with Crippen molar-refractivity contribution in [3.8, 4) is 0 Å². The van der Waals surface area contributed by atoms with Crippen LogP contribution in [-0.4, -0.2) is 56.3 Å². The van der Waals surface area contributed by atoms with E-state index in [1.165, 1.54) is 0 Å². The van der Waals surface area contributed by atoms with Crippen molar-refractivity contribution in [2.24, 2.45) is 0 Å². The normalized spacial score (nSPS) is 15.3. The third-order valence-corrected chi connectivity index (χ3v) is 3.89. The highest BCUT2D eigenvalue weighted by atomic mass is 32.2. The maximum absolute atomic E-state index is 11.4. The molecule has 0 saturated heterocycles. The smallest absolute Gasteiger partial charge is 0.320 e. The van der Waals surface area contributed by atoms with Crippen molar-refractivity contribution >= 4 is 27.6 Å². The topological polar surface area (TPSA) is 97.8 Å². The largest absolute Gasteiger partial charge is 0.468 e. The van der Waals surface area contributed by atoms with Gasteiger partial charge in [0.15, 0.2) is 9.84 Å². The SMILES string of the molecule is COC(=O)CS(=O)(=O)CCCN1C(=O)C=CC1=O. The molecule has 8 heteroatoms. The molecule has 0 atom stereocenters. The zero-order valence-electron chi connectivity index (χ0n) is 9.79. The van der Waals surface area contributed by atoms with Gasteiger partial charge < -0.3 is 4.74 Å². The van der Waals surface area contributed by atoms with Gasteiger partial charge in [-0.1, -0.05) is 0 Å². The molecule has 0 spiro atoms. The van der Waals surface area contributed by atoms with Crippen LogP contribution in [-0.2, 0) is 29.0 Å². The first kappa shape index (κ1) is 14.4. The van der Waals surface area contributed by atoms with E-state index in [1.807, 2.05) is 0 Å². The summed E-state index contributed by atoms with van der Waals surface area (Å²) in [6.45, 7) is 0.0189. The fourth-order valence-corrected chi connectivity index (χ4v) is 2.59. The van der Waals surface area contributed by atoms with E-state index in [2.05, 4.69) is 4.74 Å². The van der Waals surface area contributed by atoms with Crippen molar-refractivity contribution in [2.45, 2.75) is 6.42 Å². The van der Waals surface area contributed by atoms with Crippen molar-refractivity contribution in [1.82, 2.24) is 4.90 Å². The average molecular weight is 275 g/mol. The Morgan fingerprint density at radius 1 is 1.28 bits per heavy atom. The molecule has 0 saturated carbocycles. The molecule has 1 aliphatic rings. The second-order valence-electron chi connectivity index (χ2n) is 3.68. The number of esters is 1. The van der Waals surface area contributed by atoms with Gasteiger partial charge in [-0.05, 0) is 6.42 Å². The Balaban J connectivity index is 2.40. The summed E-state index contributed by atoms with van der Waals surface area (Å²) in [5, 5.41) is 0. The molecule has 1 heterocycles. The van der Waals surface area contributed by atoms with E-state index in [-0.39, 0.29) is 18.7 Å². The van der Waals surface area contributed by atoms with E-state index in [0.29, 0.717) is 0 Å². The molecule has 2 amide bonds. The Bertz CT molecular complexity index is 474. The Kier molecular flexibility index (Phi) is 4.60. The molecule has 0 fully saturated rings. The molecule has 7 nitrogen and oxygen atoms in total. The number of methoxy groups -OCH3 is 1. The summed E-state index contributed by atoms with van der Waals surface area (Å²) < 4.78 is 27.1. The molecule has 1 aliphatic heterocycles. The van der Waals surface area contributed by atoms with Crippen LogP contribution in [0.25, 0.3) is 0 Å². The molecule has 0 N–H and O–H groups in total. The standard InChI is InChI=1S/C10H13NO6S/c1-17-10(14)7-18(15,16)6-2-5-11-8(12)3-4-9(11)13/h3-4H,2,5-7H2,1H3. The van der Waals surface area contributed by atoms with Gasteiger partial charge in [0.05, 0.1) is 12.9 Å². The Labute approximate surface area is 104 Å². The van der Waals surface area contributed by atoms with Crippen LogP contribution in [0.2, 0.25) is 0 Å². The van der Waals surface area contributed by atoms with Gasteiger partial charge in [0, 0.05) is 18.7 Å². The van der Waals surface area contributed by atoms with Crippen LogP contribution >= 0.6 is 0 Å². The Hall–Kier alpha value is -1.70. The molecule has 0 radical (unpaired) electrons. The minimum absolute atomic E-state index is 0.0189. The maximum Gasteiger partial charge on any atom is 0.320 e. The van der Waals surface area contributed by atoms with Gasteiger partial charge in [0.2, 0.25) is 0 Å². The van der Waals surface area contributed by atoms with Crippen molar-refractivity contribution < 1.29 is 27.5 Å². The number of rotatable bonds is 6. The van der Waals surface area contributed by atoms with E-state index in [0.717, 1.165) is 24.2 Å². The fourth-order valence-electron chi connectivity index (χ4n) is 1.40. The number of hydrogen-bond donors (Lipinski definition) is 0. The minimum atomic E-state index is -3.56. The van der Waals surface area contributed by atoms with Crippen LogP contribution in [0.15, 0.2) is 12.2 Å². The first-order chi connectivity index (χ1) is 8.35. The first-order valence-electron chi connectivity index (χ1n) is 5.16. The summed E-state index contributed by atoms with van der Waals surface area (Å²) in [5.41, 5.74) is 0. The van der Waals surface area contributed by atoms with Crippen LogP contribution in [0.1, 0.15) is 6.42 Å². The maximum atomic E-state index is 11.4. The van der Waals surface area contributed by atoms with Gasteiger partial charge in [-0.2, -0.15) is 0 Å². The van der Waals surface area contributed by atoms with Crippen LogP contribution in [0, 0.1) is 0 Å². The van der Waals surface area contributed by atoms with Crippen LogP contribution < -0.4 is 0 Å². The van der Waals surface area contributed by atoms with Crippen molar-refractivity contribution in [1.29, 1.82) is 0 Å². The van der Waals surface area contributed by atoms with Gasteiger partial charge in [-0.3, -0.25) is 19.3 Å². The summed E-state index contributed by atoms with van der Waals surface area (Å²) in [7, 11) is -2.46. The molecule has 0 aromatic carbocycles. The highest BCUT2D eigenvalue weighted by Gasteiger charge is 2.24.